The number of ether oxygens (including phenoxy) is 3. The average Bonchev–Trinajstić information content (AvgIpc) is 2.59. The first-order chi connectivity index (χ1) is 5.86. The van der Waals surface area contributed by atoms with Gasteiger partial charge in [0.25, 0.3) is 0 Å². The molecule has 0 spiro atoms. The zero-order valence-corrected chi connectivity index (χ0v) is 7.71. The second-order valence-electron chi connectivity index (χ2n) is 2.87. The molecule has 4 heteroatoms. The molecule has 1 atom stereocenters. The molecular formula is C8H17NO3. The van der Waals surface area contributed by atoms with Gasteiger partial charge in [0, 0.05) is 33.4 Å². The summed E-state index contributed by atoms with van der Waals surface area (Å²) in [5.74, 6) is 0. The Balaban J connectivity index is 2.06. The normalized spacial score (nSPS) is 23.8. The van der Waals surface area contributed by atoms with Gasteiger partial charge in [-0.3, -0.25) is 0 Å². The third-order valence-corrected chi connectivity index (χ3v) is 2.03. The van der Waals surface area contributed by atoms with E-state index in [4.69, 9.17) is 14.2 Å². The lowest BCUT2D eigenvalue weighted by molar-refractivity contribution is -0.0998. The van der Waals surface area contributed by atoms with E-state index in [1.807, 2.05) is 0 Å². The summed E-state index contributed by atoms with van der Waals surface area (Å²) in [6, 6.07) is 0.470. The van der Waals surface area contributed by atoms with Crippen LogP contribution in [0.5, 0.6) is 0 Å². The first kappa shape index (κ1) is 9.92. The molecular weight excluding hydrogens is 158 g/mol. The van der Waals surface area contributed by atoms with E-state index < -0.39 is 0 Å². The number of hydrogen-bond acceptors (Lipinski definition) is 4. The molecule has 0 saturated carbocycles. The van der Waals surface area contributed by atoms with Gasteiger partial charge in [-0.2, -0.15) is 0 Å². The molecule has 1 unspecified atom stereocenters. The predicted molar refractivity (Wildman–Crippen MR) is 45.0 cm³/mol. The smallest absolute Gasteiger partial charge is 0.169 e. The van der Waals surface area contributed by atoms with E-state index in [0.29, 0.717) is 6.04 Å². The van der Waals surface area contributed by atoms with Crippen LogP contribution < -0.4 is 5.32 Å². The maximum atomic E-state index is 5.21. The molecule has 1 rings (SSSR count). The van der Waals surface area contributed by atoms with E-state index >= 15 is 0 Å². The lowest BCUT2D eigenvalue weighted by Crippen LogP contribution is -2.37. The molecule has 0 aromatic rings. The maximum absolute atomic E-state index is 5.21. The van der Waals surface area contributed by atoms with Gasteiger partial charge in [0.2, 0.25) is 0 Å². The van der Waals surface area contributed by atoms with Gasteiger partial charge in [-0.1, -0.05) is 0 Å². The van der Waals surface area contributed by atoms with Crippen molar-refractivity contribution in [3.8, 4) is 0 Å². The Hall–Kier alpha value is -0.160. The van der Waals surface area contributed by atoms with Crippen LogP contribution in [0.25, 0.3) is 0 Å². The summed E-state index contributed by atoms with van der Waals surface area (Å²) in [4.78, 5) is 0. The molecule has 0 aromatic carbocycles. The maximum Gasteiger partial charge on any atom is 0.169 e. The third kappa shape index (κ3) is 3.06. The highest BCUT2D eigenvalue weighted by molar-refractivity contribution is 4.71. The summed E-state index contributed by atoms with van der Waals surface area (Å²) in [5.41, 5.74) is 0. The number of hydrogen-bond donors (Lipinski definition) is 1. The van der Waals surface area contributed by atoms with Crippen LogP contribution >= 0.6 is 0 Å². The van der Waals surface area contributed by atoms with E-state index in [1.165, 1.54) is 0 Å². The van der Waals surface area contributed by atoms with Crippen molar-refractivity contribution in [1.82, 2.24) is 5.32 Å². The topological polar surface area (TPSA) is 39.7 Å². The van der Waals surface area contributed by atoms with Crippen LogP contribution in [-0.2, 0) is 14.2 Å². The summed E-state index contributed by atoms with van der Waals surface area (Å²) < 4.78 is 15.3. The van der Waals surface area contributed by atoms with E-state index in [-0.39, 0.29) is 6.29 Å². The largest absolute Gasteiger partial charge is 0.380 e. The standard InChI is InChI=1S/C8H17NO3/c1-10-8(11-2)5-9-7-3-4-12-6-7/h7-9H,3-6H2,1-2H3. The monoisotopic (exact) mass is 175 g/mol. The zero-order chi connectivity index (χ0) is 8.81. The molecule has 0 amide bonds. The molecule has 0 aromatic heterocycles. The van der Waals surface area contributed by atoms with Gasteiger partial charge in [-0.05, 0) is 6.42 Å². The van der Waals surface area contributed by atoms with Gasteiger partial charge >= 0.3 is 0 Å². The molecule has 1 saturated heterocycles. The van der Waals surface area contributed by atoms with Crippen molar-refractivity contribution < 1.29 is 14.2 Å². The average molecular weight is 175 g/mol. The lowest BCUT2D eigenvalue weighted by atomic mass is 10.2. The number of rotatable bonds is 5. The van der Waals surface area contributed by atoms with E-state index in [0.717, 1.165) is 26.2 Å². The summed E-state index contributed by atoms with van der Waals surface area (Å²) in [5, 5.41) is 3.31. The second-order valence-corrected chi connectivity index (χ2v) is 2.87. The quantitative estimate of drug-likeness (QED) is 0.596. The van der Waals surface area contributed by atoms with Crippen molar-refractivity contribution in [2.75, 3.05) is 34.0 Å². The number of methoxy groups -OCH3 is 2. The summed E-state index contributed by atoms with van der Waals surface area (Å²) >= 11 is 0. The van der Waals surface area contributed by atoms with Crippen LogP contribution in [0, 0.1) is 0 Å². The molecule has 1 aliphatic rings. The van der Waals surface area contributed by atoms with Gasteiger partial charge in [0.05, 0.1) is 6.61 Å². The van der Waals surface area contributed by atoms with Crippen molar-refractivity contribution in [1.29, 1.82) is 0 Å². The van der Waals surface area contributed by atoms with Crippen LogP contribution in [0.2, 0.25) is 0 Å². The first-order valence-electron chi connectivity index (χ1n) is 4.23. The molecule has 1 aliphatic heterocycles. The predicted octanol–water partition coefficient (Wildman–Crippen LogP) is -0.0162. The summed E-state index contributed by atoms with van der Waals surface area (Å²) in [6.07, 6.45) is 0.936. The molecule has 0 bridgehead atoms. The lowest BCUT2D eigenvalue weighted by Gasteiger charge is -2.16. The van der Waals surface area contributed by atoms with Gasteiger partial charge in [-0.15, -0.1) is 0 Å². The minimum absolute atomic E-state index is 0.148. The van der Waals surface area contributed by atoms with Crippen LogP contribution in [0.15, 0.2) is 0 Å². The van der Waals surface area contributed by atoms with Gasteiger partial charge in [0.1, 0.15) is 0 Å². The molecule has 1 N–H and O–H groups in total. The van der Waals surface area contributed by atoms with Crippen molar-refractivity contribution in [3.63, 3.8) is 0 Å². The van der Waals surface area contributed by atoms with Crippen molar-refractivity contribution in [2.24, 2.45) is 0 Å². The van der Waals surface area contributed by atoms with Crippen molar-refractivity contribution >= 4 is 0 Å². The Morgan fingerprint density at radius 2 is 2.25 bits per heavy atom. The Morgan fingerprint density at radius 1 is 1.50 bits per heavy atom. The van der Waals surface area contributed by atoms with Crippen molar-refractivity contribution in [3.05, 3.63) is 0 Å². The molecule has 0 radical (unpaired) electrons. The van der Waals surface area contributed by atoms with Crippen molar-refractivity contribution in [2.45, 2.75) is 18.8 Å². The molecule has 72 valence electrons. The Bertz CT molecular complexity index is 109. The van der Waals surface area contributed by atoms with Crippen LogP contribution in [0.4, 0.5) is 0 Å². The fraction of sp³-hybridized carbons (Fsp3) is 1.00. The molecule has 1 heterocycles. The SMILES string of the molecule is COC(CNC1CCOC1)OC. The fourth-order valence-electron chi connectivity index (χ4n) is 1.22. The second kappa shape index (κ2) is 5.48. The minimum atomic E-state index is -0.148. The zero-order valence-electron chi connectivity index (χ0n) is 7.71. The highest BCUT2D eigenvalue weighted by atomic mass is 16.7. The summed E-state index contributed by atoms with van der Waals surface area (Å²) in [6.45, 7) is 2.39. The Kier molecular flexibility index (Phi) is 4.53. The van der Waals surface area contributed by atoms with Gasteiger partial charge in [-0.25, -0.2) is 0 Å². The van der Waals surface area contributed by atoms with Crippen LogP contribution in [0.3, 0.4) is 0 Å². The van der Waals surface area contributed by atoms with E-state index in [2.05, 4.69) is 5.32 Å². The van der Waals surface area contributed by atoms with E-state index in [1.54, 1.807) is 14.2 Å². The Morgan fingerprint density at radius 3 is 2.75 bits per heavy atom. The Labute approximate surface area is 73.2 Å². The summed E-state index contributed by atoms with van der Waals surface area (Å²) in [7, 11) is 3.28. The van der Waals surface area contributed by atoms with Crippen LogP contribution in [0.1, 0.15) is 6.42 Å². The minimum Gasteiger partial charge on any atom is -0.380 e. The molecule has 12 heavy (non-hydrogen) atoms. The third-order valence-electron chi connectivity index (χ3n) is 2.03. The van der Waals surface area contributed by atoms with E-state index in [9.17, 15) is 0 Å². The molecule has 0 aliphatic carbocycles. The molecule has 4 nitrogen and oxygen atoms in total. The highest BCUT2D eigenvalue weighted by Crippen LogP contribution is 2.03. The number of nitrogens with one attached hydrogen (secondary N) is 1. The van der Waals surface area contributed by atoms with Gasteiger partial charge < -0.3 is 19.5 Å². The van der Waals surface area contributed by atoms with Gasteiger partial charge in [0.15, 0.2) is 6.29 Å². The first-order valence-corrected chi connectivity index (χ1v) is 4.23. The van der Waals surface area contributed by atoms with Crippen LogP contribution in [-0.4, -0.2) is 46.3 Å². The highest BCUT2D eigenvalue weighted by Gasteiger charge is 2.16. The fourth-order valence-corrected chi connectivity index (χ4v) is 1.22. The molecule has 1 fully saturated rings.